The summed E-state index contributed by atoms with van der Waals surface area (Å²) in [5.41, 5.74) is 7.01. The van der Waals surface area contributed by atoms with E-state index < -0.39 is 4.92 Å². The van der Waals surface area contributed by atoms with Crippen LogP contribution in [-0.2, 0) is 0 Å². The van der Waals surface area contributed by atoms with E-state index in [1.807, 2.05) is 11.8 Å². The van der Waals surface area contributed by atoms with Crippen molar-refractivity contribution in [1.82, 2.24) is 4.98 Å². The summed E-state index contributed by atoms with van der Waals surface area (Å²) in [6.07, 6.45) is 1.01. The highest BCUT2D eigenvalue weighted by Crippen LogP contribution is 2.29. The van der Waals surface area contributed by atoms with Crippen LogP contribution in [0.25, 0.3) is 11.1 Å². The summed E-state index contributed by atoms with van der Waals surface area (Å²) in [6.45, 7) is 3.66. The summed E-state index contributed by atoms with van der Waals surface area (Å²) >= 11 is 0. The summed E-state index contributed by atoms with van der Waals surface area (Å²) in [7, 11) is 0. The maximum Gasteiger partial charge on any atom is 0.298 e. The van der Waals surface area contributed by atoms with Crippen LogP contribution in [0.3, 0.4) is 0 Å². The van der Waals surface area contributed by atoms with Crippen molar-refractivity contribution >= 4 is 22.8 Å². The van der Waals surface area contributed by atoms with Crippen LogP contribution in [0.2, 0.25) is 0 Å². The number of hydrogen-bond donors (Lipinski definition) is 1. The van der Waals surface area contributed by atoms with Gasteiger partial charge in [0.1, 0.15) is 5.52 Å². The molecular weight excluding hydrogens is 260 g/mol. The number of rotatable bonds is 3. The normalized spacial score (nSPS) is 20.5. The Labute approximate surface area is 115 Å². The molecule has 106 valence electrons. The fourth-order valence-corrected chi connectivity index (χ4v) is 2.54. The zero-order chi connectivity index (χ0) is 14.3. The molecule has 0 radical (unpaired) electrons. The number of anilines is 1. The number of aromatic nitrogens is 1. The van der Waals surface area contributed by atoms with E-state index in [1.54, 1.807) is 6.07 Å². The molecule has 0 spiro atoms. The average Bonchev–Trinajstić information content (AvgIpc) is 3.04. The van der Waals surface area contributed by atoms with Crippen molar-refractivity contribution < 1.29 is 9.34 Å². The number of fused-ring (bicyclic) bond motifs is 1. The zero-order valence-corrected chi connectivity index (χ0v) is 11.2. The molecule has 1 aliphatic rings. The van der Waals surface area contributed by atoms with E-state index >= 15 is 0 Å². The molecule has 2 unspecified atom stereocenters. The fraction of sp³-hybridized carbons (Fsp3) is 0.462. The highest BCUT2D eigenvalue weighted by Gasteiger charge is 2.28. The van der Waals surface area contributed by atoms with Crippen molar-refractivity contribution in [3.63, 3.8) is 0 Å². The lowest BCUT2D eigenvalue weighted by atomic mass is 10.0. The minimum Gasteiger partial charge on any atom is -0.423 e. The number of nitro groups is 1. The van der Waals surface area contributed by atoms with Gasteiger partial charge in [-0.2, -0.15) is 4.98 Å². The van der Waals surface area contributed by atoms with Crippen molar-refractivity contribution in [3.8, 4) is 0 Å². The molecule has 1 aromatic carbocycles. The predicted molar refractivity (Wildman–Crippen MR) is 74.6 cm³/mol. The van der Waals surface area contributed by atoms with Gasteiger partial charge in [0.15, 0.2) is 5.58 Å². The van der Waals surface area contributed by atoms with Crippen molar-refractivity contribution in [2.24, 2.45) is 11.7 Å². The summed E-state index contributed by atoms with van der Waals surface area (Å²) in [6, 6.07) is 5.10. The van der Waals surface area contributed by atoms with Crippen LogP contribution in [-0.4, -0.2) is 29.0 Å². The molecule has 2 N–H and O–H groups in total. The Morgan fingerprint density at radius 1 is 1.60 bits per heavy atom. The minimum absolute atomic E-state index is 0.0206. The zero-order valence-electron chi connectivity index (χ0n) is 11.2. The van der Waals surface area contributed by atoms with E-state index in [9.17, 15) is 10.1 Å². The van der Waals surface area contributed by atoms with Crippen molar-refractivity contribution in [2.45, 2.75) is 19.4 Å². The van der Waals surface area contributed by atoms with Gasteiger partial charge in [-0.3, -0.25) is 10.1 Å². The van der Waals surface area contributed by atoms with Gasteiger partial charge in [-0.1, -0.05) is 0 Å². The smallest absolute Gasteiger partial charge is 0.298 e. The molecule has 7 nitrogen and oxygen atoms in total. The van der Waals surface area contributed by atoms with Gasteiger partial charge in [0.25, 0.3) is 11.7 Å². The second-order valence-electron chi connectivity index (χ2n) is 5.26. The number of benzene rings is 1. The van der Waals surface area contributed by atoms with Crippen LogP contribution in [0.15, 0.2) is 22.6 Å². The SMILES string of the molecule is CC(N)C1CCN(c2nc3cc([N+](=O)[O-])ccc3o2)C1. The van der Waals surface area contributed by atoms with E-state index in [4.69, 9.17) is 10.2 Å². The van der Waals surface area contributed by atoms with Gasteiger partial charge in [-0.05, 0) is 25.3 Å². The van der Waals surface area contributed by atoms with Gasteiger partial charge in [-0.15, -0.1) is 0 Å². The number of nitrogens with zero attached hydrogens (tertiary/aromatic N) is 3. The van der Waals surface area contributed by atoms with E-state index in [0.29, 0.717) is 23.0 Å². The van der Waals surface area contributed by atoms with Gasteiger partial charge in [0.2, 0.25) is 0 Å². The number of non-ortho nitro benzene ring substituents is 1. The predicted octanol–water partition coefficient (Wildman–Crippen LogP) is 1.91. The lowest BCUT2D eigenvalue weighted by Crippen LogP contribution is -2.29. The third kappa shape index (κ3) is 2.20. The van der Waals surface area contributed by atoms with Crippen LogP contribution < -0.4 is 10.6 Å². The first-order valence-electron chi connectivity index (χ1n) is 6.60. The average molecular weight is 276 g/mol. The second kappa shape index (κ2) is 4.75. The van der Waals surface area contributed by atoms with Crippen molar-refractivity contribution in [2.75, 3.05) is 18.0 Å². The lowest BCUT2D eigenvalue weighted by molar-refractivity contribution is -0.384. The second-order valence-corrected chi connectivity index (χ2v) is 5.26. The molecular formula is C13H16N4O3. The molecule has 20 heavy (non-hydrogen) atoms. The molecule has 7 heteroatoms. The lowest BCUT2D eigenvalue weighted by Gasteiger charge is -2.15. The first kappa shape index (κ1) is 12.9. The Morgan fingerprint density at radius 2 is 2.40 bits per heavy atom. The topological polar surface area (TPSA) is 98.4 Å². The van der Waals surface area contributed by atoms with Gasteiger partial charge in [0, 0.05) is 31.3 Å². The molecule has 3 rings (SSSR count). The molecule has 2 atom stereocenters. The summed E-state index contributed by atoms with van der Waals surface area (Å²) in [5.74, 6) is 0.430. The van der Waals surface area contributed by atoms with E-state index in [1.165, 1.54) is 12.1 Å². The number of oxazole rings is 1. The maximum absolute atomic E-state index is 10.7. The monoisotopic (exact) mass is 276 g/mol. The van der Waals surface area contributed by atoms with Gasteiger partial charge >= 0.3 is 0 Å². The Morgan fingerprint density at radius 3 is 3.05 bits per heavy atom. The molecule has 0 saturated carbocycles. The molecule has 2 aromatic rings. The first-order chi connectivity index (χ1) is 9.54. The Hall–Kier alpha value is -2.15. The molecule has 2 heterocycles. The van der Waals surface area contributed by atoms with Crippen LogP contribution in [0.5, 0.6) is 0 Å². The summed E-state index contributed by atoms with van der Waals surface area (Å²) < 4.78 is 5.67. The Kier molecular flexibility index (Phi) is 3.06. The van der Waals surface area contributed by atoms with Crippen LogP contribution in [0.4, 0.5) is 11.7 Å². The summed E-state index contributed by atoms with van der Waals surface area (Å²) in [5, 5.41) is 10.7. The third-order valence-corrected chi connectivity index (χ3v) is 3.81. The first-order valence-corrected chi connectivity index (χ1v) is 6.60. The van der Waals surface area contributed by atoms with E-state index in [2.05, 4.69) is 4.98 Å². The minimum atomic E-state index is -0.435. The van der Waals surface area contributed by atoms with Gasteiger partial charge in [0.05, 0.1) is 4.92 Å². The fourth-order valence-electron chi connectivity index (χ4n) is 2.54. The number of nitro benzene ring substituents is 1. The Bertz CT molecular complexity index is 652. The van der Waals surface area contributed by atoms with Crippen molar-refractivity contribution in [3.05, 3.63) is 28.3 Å². The third-order valence-electron chi connectivity index (χ3n) is 3.81. The van der Waals surface area contributed by atoms with Crippen LogP contribution in [0, 0.1) is 16.0 Å². The molecule has 0 amide bonds. The van der Waals surface area contributed by atoms with Crippen molar-refractivity contribution in [1.29, 1.82) is 0 Å². The van der Waals surface area contributed by atoms with E-state index in [-0.39, 0.29) is 11.7 Å². The maximum atomic E-state index is 10.7. The van der Waals surface area contributed by atoms with Gasteiger partial charge < -0.3 is 15.1 Å². The summed E-state index contributed by atoms with van der Waals surface area (Å²) in [4.78, 5) is 16.7. The molecule has 0 bridgehead atoms. The molecule has 1 saturated heterocycles. The standard InChI is InChI=1S/C13H16N4O3/c1-8(14)9-4-5-16(7-9)13-15-11-6-10(17(18)19)2-3-12(11)20-13/h2-3,6,8-9H,4-5,7,14H2,1H3. The Balaban J connectivity index is 1.88. The van der Waals surface area contributed by atoms with Crippen LogP contribution in [0.1, 0.15) is 13.3 Å². The quantitative estimate of drug-likeness (QED) is 0.679. The highest BCUT2D eigenvalue weighted by atomic mass is 16.6. The highest BCUT2D eigenvalue weighted by molar-refractivity contribution is 5.77. The molecule has 1 aromatic heterocycles. The van der Waals surface area contributed by atoms with Gasteiger partial charge in [-0.25, -0.2) is 0 Å². The molecule has 1 aliphatic heterocycles. The molecule has 0 aliphatic carbocycles. The number of nitrogens with two attached hydrogens (primary N) is 1. The largest absolute Gasteiger partial charge is 0.423 e. The van der Waals surface area contributed by atoms with Crippen LogP contribution >= 0.6 is 0 Å². The number of hydrogen-bond acceptors (Lipinski definition) is 6. The van der Waals surface area contributed by atoms with E-state index in [0.717, 1.165) is 19.5 Å². The molecule has 1 fully saturated rings.